The fraction of sp³-hybridized carbons (Fsp3) is 0.333. The van der Waals surface area contributed by atoms with Crippen molar-refractivity contribution < 1.29 is 28.6 Å². The van der Waals surface area contributed by atoms with Crippen molar-refractivity contribution in [1.82, 2.24) is 4.90 Å². The van der Waals surface area contributed by atoms with Gasteiger partial charge in [-0.3, -0.25) is 9.59 Å². The van der Waals surface area contributed by atoms with Crippen LogP contribution in [0.5, 0.6) is 11.5 Å². The molecule has 1 unspecified atom stereocenters. The van der Waals surface area contributed by atoms with Crippen molar-refractivity contribution >= 4 is 17.4 Å². The van der Waals surface area contributed by atoms with Gasteiger partial charge in [0.25, 0.3) is 11.7 Å². The molecule has 0 bridgehead atoms. The second-order valence-electron chi connectivity index (χ2n) is 9.01. The fourth-order valence-corrected chi connectivity index (χ4v) is 4.26. The second kappa shape index (κ2) is 12.3. The molecule has 0 saturated carbocycles. The van der Waals surface area contributed by atoms with Gasteiger partial charge >= 0.3 is 0 Å². The number of carbonyl (C=O) groups is 2. The van der Waals surface area contributed by atoms with Gasteiger partial charge in [-0.1, -0.05) is 51.0 Å². The van der Waals surface area contributed by atoms with Crippen LogP contribution in [0.25, 0.3) is 5.76 Å². The molecule has 2 aromatic carbocycles. The summed E-state index contributed by atoms with van der Waals surface area (Å²) >= 11 is 0. The molecule has 1 aliphatic rings. The number of hydrogen-bond acceptors (Lipinski definition) is 6. The molecule has 1 aromatic heterocycles. The normalized spacial score (nSPS) is 16.8. The minimum Gasteiger partial charge on any atom is -0.507 e. The molecule has 7 heteroatoms. The number of hydrogen-bond donors (Lipinski definition) is 1. The summed E-state index contributed by atoms with van der Waals surface area (Å²) in [7, 11) is 0. The van der Waals surface area contributed by atoms with Crippen molar-refractivity contribution in [2.24, 2.45) is 0 Å². The number of aliphatic hydroxyl groups excluding tert-OH is 1. The van der Waals surface area contributed by atoms with E-state index < -0.39 is 17.7 Å². The highest BCUT2D eigenvalue weighted by molar-refractivity contribution is 6.46. The van der Waals surface area contributed by atoms with Gasteiger partial charge in [0.1, 0.15) is 23.0 Å². The van der Waals surface area contributed by atoms with E-state index in [0.29, 0.717) is 41.6 Å². The van der Waals surface area contributed by atoms with Gasteiger partial charge in [0.05, 0.1) is 37.6 Å². The van der Waals surface area contributed by atoms with Crippen molar-refractivity contribution in [3.05, 3.63) is 89.4 Å². The molecular formula is C30H33NO6. The number of likely N-dealkylation sites (tertiary alicyclic amines) is 1. The minimum atomic E-state index is -0.792. The van der Waals surface area contributed by atoms with Crippen LogP contribution in [0.15, 0.2) is 76.9 Å². The predicted octanol–water partition coefficient (Wildman–Crippen LogP) is 6.26. The second-order valence-corrected chi connectivity index (χ2v) is 9.01. The molecule has 4 rings (SSSR count). The Balaban J connectivity index is 1.72. The third-order valence-electron chi connectivity index (χ3n) is 6.28. The van der Waals surface area contributed by atoms with E-state index >= 15 is 0 Å². The number of ether oxygens (including phenoxy) is 2. The molecule has 194 valence electrons. The summed E-state index contributed by atoms with van der Waals surface area (Å²) in [5.41, 5.74) is 1.13. The molecule has 7 nitrogen and oxygen atoms in total. The lowest BCUT2D eigenvalue weighted by Gasteiger charge is -2.24. The third-order valence-corrected chi connectivity index (χ3v) is 6.28. The molecule has 0 spiro atoms. The Labute approximate surface area is 217 Å². The van der Waals surface area contributed by atoms with Crippen LogP contribution in [0.4, 0.5) is 0 Å². The monoisotopic (exact) mass is 503 g/mol. The van der Waals surface area contributed by atoms with E-state index in [4.69, 9.17) is 13.9 Å². The summed E-state index contributed by atoms with van der Waals surface area (Å²) < 4.78 is 17.0. The summed E-state index contributed by atoms with van der Waals surface area (Å²) in [6.07, 6.45) is 5.41. The van der Waals surface area contributed by atoms with E-state index in [1.165, 1.54) is 11.2 Å². The summed E-state index contributed by atoms with van der Waals surface area (Å²) in [5, 5.41) is 11.4. The molecule has 3 aromatic rings. The van der Waals surface area contributed by atoms with E-state index in [2.05, 4.69) is 13.8 Å². The van der Waals surface area contributed by atoms with E-state index in [1.54, 1.807) is 36.4 Å². The first kappa shape index (κ1) is 26.1. The molecule has 0 aliphatic carbocycles. The Morgan fingerprint density at radius 3 is 2.27 bits per heavy atom. The van der Waals surface area contributed by atoms with E-state index in [-0.39, 0.29) is 17.9 Å². The molecule has 1 N–H and O–H groups in total. The Bertz CT molecular complexity index is 1230. The van der Waals surface area contributed by atoms with Crippen molar-refractivity contribution in [3.8, 4) is 11.5 Å². The van der Waals surface area contributed by atoms with Crippen molar-refractivity contribution in [1.29, 1.82) is 0 Å². The molecule has 1 atom stereocenters. The van der Waals surface area contributed by atoms with Crippen LogP contribution in [-0.2, 0) is 16.1 Å². The Hall–Kier alpha value is -4.00. The topological polar surface area (TPSA) is 89.2 Å². The molecule has 0 radical (unpaired) electrons. The Morgan fingerprint density at radius 1 is 0.919 bits per heavy atom. The predicted molar refractivity (Wildman–Crippen MR) is 140 cm³/mol. The number of Topliss-reactive ketones (excluding diaryl/α,β-unsaturated/α-hetero) is 1. The minimum absolute atomic E-state index is 0.0296. The lowest BCUT2D eigenvalue weighted by Crippen LogP contribution is -2.29. The van der Waals surface area contributed by atoms with Crippen LogP contribution in [0, 0.1) is 0 Å². The first-order valence-electron chi connectivity index (χ1n) is 12.8. The van der Waals surface area contributed by atoms with Gasteiger partial charge in [-0.25, -0.2) is 0 Å². The van der Waals surface area contributed by atoms with Crippen molar-refractivity contribution in [3.63, 3.8) is 0 Å². The SMILES string of the molecule is CCCCOc1ccc(C2/C(=C(\O)c3cccc(OCCCC)c3)C(=O)C(=O)N2Cc2ccco2)cc1. The first-order valence-corrected chi connectivity index (χ1v) is 12.8. The molecule has 37 heavy (non-hydrogen) atoms. The number of amides is 1. The van der Waals surface area contributed by atoms with E-state index in [1.807, 2.05) is 24.3 Å². The lowest BCUT2D eigenvalue weighted by atomic mass is 9.95. The molecule has 2 heterocycles. The highest BCUT2D eigenvalue weighted by Gasteiger charge is 2.46. The number of rotatable bonds is 12. The summed E-state index contributed by atoms with van der Waals surface area (Å²) in [6.45, 7) is 5.44. The number of ketones is 1. The summed E-state index contributed by atoms with van der Waals surface area (Å²) in [6, 6.07) is 16.9. The van der Waals surface area contributed by atoms with Gasteiger partial charge in [-0.2, -0.15) is 0 Å². The van der Waals surface area contributed by atoms with Gasteiger partial charge in [-0.15, -0.1) is 0 Å². The van der Waals surface area contributed by atoms with Crippen LogP contribution in [0.3, 0.4) is 0 Å². The first-order chi connectivity index (χ1) is 18.0. The molecule has 1 aliphatic heterocycles. The van der Waals surface area contributed by atoms with Crippen LogP contribution >= 0.6 is 0 Å². The maximum Gasteiger partial charge on any atom is 0.296 e. The summed E-state index contributed by atoms with van der Waals surface area (Å²) in [5.74, 6) is 0.160. The Morgan fingerprint density at radius 2 is 1.62 bits per heavy atom. The molecule has 1 saturated heterocycles. The number of aliphatic hydroxyl groups is 1. The van der Waals surface area contributed by atoms with Gasteiger partial charge in [0, 0.05) is 5.56 Å². The van der Waals surface area contributed by atoms with Crippen LogP contribution in [0.2, 0.25) is 0 Å². The fourth-order valence-electron chi connectivity index (χ4n) is 4.26. The third kappa shape index (κ3) is 6.05. The van der Waals surface area contributed by atoms with Gasteiger partial charge in [0.2, 0.25) is 0 Å². The lowest BCUT2D eigenvalue weighted by molar-refractivity contribution is -0.140. The number of unbranched alkanes of at least 4 members (excludes halogenated alkanes) is 2. The zero-order valence-electron chi connectivity index (χ0n) is 21.3. The van der Waals surface area contributed by atoms with Crippen LogP contribution < -0.4 is 9.47 Å². The number of furan rings is 1. The van der Waals surface area contributed by atoms with Crippen LogP contribution in [0.1, 0.15) is 62.5 Å². The molecule has 1 fully saturated rings. The zero-order valence-corrected chi connectivity index (χ0v) is 21.3. The number of benzene rings is 2. The van der Waals surface area contributed by atoms with Crippen LogP contribution in [-0.4, -0.2) is 34.9 Å². The maximum atomic E-state index is 13.3. The Kier molecular flexibility index (Phi) is 8.67. The average Bonchev–Trinajstić information content (AvgIpc) is 3.52. The van der Waals surface area contributed by atoms with Gasteiger partial charge in [0.15, 0.2) is 0 Å². The van der Waals surface area contributed by atoms with Crippen molar-refractivity contribution in [2.75, 3.05) is 13.2 Å². The standard InChI is InChI=1S/C30H33NO6/c1-3-5-16-35-23-14-12-21(13-15-23)27-26(29(33)30(34)31(27)20-25-11-8-18-37-25)28(32)22-9-7-10-24(19-22)36-17-6-4-2/h7-15,18-19,27,32H,3-6,16-17,20H2,1-2H3/b28-26+. The highest BCUT2D eigenvalue weighted by atomic mass is 16.5. The zero-order chi connectivity index (χ0) is 26.2. The van der Waals surface area contributed by atoms with E-state index in [0.717, 1.165) is 25.7 Å². The van der Waals surface area contributed by atoms with Gasteiger partial charge in [-0.05, 0) is 54.8 Å². The smallest absolute Gasteiger partial charge is 0.296 e. The molecule has 1 amide bonds. The van der Waals surface area contributed by atoms with Crippen molar-refractivity contribution in [2.45, 2.75) is 52.1 Å². The number of carbonyl (C=O) groups excluding carboxylic acids is 2. The van der Waals surface area contributed by atoms with E-state index in [9.17, 15) is 14.7 Å². The maximum absolute atomic E-state index is 13.3. The highest BCUT2D eigenvalue weighted by Crippen LogP contribution is 2.41. The average molecular weight is 504 g/mol. The quantitative estimate of drug-likeness (QED) is 0.136. The molecular weight excluding hydrogens is 470 g/mol. The summed E-state index contributed by atoms with van der Waals surface area (Å²) in [4.78, 5) is 27.9. The van der Waals surface area contributed by atoms with Gasteiger partial charge < -0.3 is 23.9 Å². The largest absolute Gasteiger partial charge is 0.507 e. The number of nitrogens with zero attached hydrogens (tertiary/aromatic N) is 1.